The monoisotopic (exact) mass is 340 g/mol. The second-order valence-corrected chi connectivity index (χ2v) is 8.88. The maximum atomic E-state index is 13.4. The van der Waals surface area contributed by atoms with Gasteiger partial charge in [-0.1, -0.05) is 6.07 Å². The van der Waals surface area contributed by atoms with Gasteiger partial charge in [-0.2, -0.15) is 0 Å². The van der Waals surface area contributed by atoms with E-state index in [4.69, 9.17) is 0 Å². The molecule has 0 aromatic heterocycles. The lowest BCUT2D eigenvalue weighted by Gasteiger charge is -2.39. The van der Waals surface area contributed by atoms with Crippen LogP contribution in [0.1, 0.15) is 36.9 Å². The van der Waals surface area contributed by atoms with E-state index in [1.165, 1.54) is 17.9 Å². The molecule has 128 valence electrons. The third kappa shape index (κ3) is 3.75. The number of rotatable bonds is 3. The van der Waals surface area contributed by atoms with Crippen LogP contribution in [0.15, 0.2) is 18.2 Å². The number of sulfonamides is 1. The Kier molecular flexibility index (Phi) is 4.76. The van der Waals surface area contributed by atoms with Crippen LogP contribution >= 0.6 is 0 Å². The molecule has 0 radical (unpaired) electrons. The van der Waals surface area contributed by atoms with Gasteiger partial charge in [0.1, 0.15) is 5.82 Å². The Morgan fingerprint density at radius 3 is 2.83 bits per heavy atom. The summed E-state index contributed by atoms with van der Waals surface area (Å²) in [5.74, 6) is 0.211. The van der Waals surface area contributed by atoms with Gasteiger partial charge in [0.15, 0.2) is 0 Å². The molecule has 1 aromatic carbocycles. The summed E-state index contributed by atoms with van der Waals surface area (Å²) in [6.45, 7) is 5.25. The Labute approximate surface area is 138 Å². The first kappa shape index (κ1) is 16.9. The molecule has 0 N–H and O–H groups in total. The SMILES string of the molecule is C[C@@H]1c2ccc(F)cc2CCN1C[C@@H]1CCCN(S(C)(=O)=O)C1. The zero-order valence-electron chi connectivity index (χ0n) is 13.8. The fourth-order valence-electron chi connectivity index (χ4n) is 3.91. The van der Waals surface area contributed by atoms with Gasteiger partial charge in [0.25, 0.3) is 0 Å². The van der Waals surface area contributed by atoms with Crippen LogP contribution < -0.4 is 0 Å². The molecule has 1 saturated heterocycles. The molecule has 0 amide bonds. The minimum Gasteiger partial charge on any atom is -0.296 e. The van der Waals surface area contributed by atoms with Gasteiger partial charge in [-0.25, -0.2) is 17.1 Å². The number of piperidine rings is 1. The van der Waals surface area contributed by atoms with E-state index >= 15 is 0 Å². The van der Waals surface area contributed by atoms with Crippen molar-refractivity contribution in [3.8, 4) is 0 Å². The van der Waals surface area contributed by atoms with Crippen LogP contribution in [0, 0.1) is 11.7 Å². The highest BCUT2D eigenvalue weighted by atomic mass is 32.2. The zero-order chi connectivity index (χ0) is 16.6. The molecule has 6 heteroatoms. The number of fused-ring (bicyclic) bond motifs is 1. The molecule has 1 fully saturated rings. The van der Waals surface area contributed by atoms with Crippen molar-refractivity contribution >= 4 is 10.0 Å². The highest BCUT2D eigenvalue weighted by Crippen LogP contribution is 2.31. The molecule has 0 spiro atoms. The van der Waals surface area contributed by atoms with E-state index in [2.05, 4.69) is 11.8 Å². The molecule has 4 nitrogen and oxygen atoms in total. The van der Waals surface area contributed by atoms with Crippen molar-refractivity contribution in [3.63, 3.8) is 0 Å². The molecule has 0 unspecified atom stereocenters. The van der Waals surface area contributed by atoms with Crippen molar-refractivity contribution in [2.75, 3.05) is 32.4 Å². The van der Waals surface area contributed by atoms with Crippen LogP contribution in [0.3, 0.4) is 0 Å². The molecule has 23 heavy (non-hydrogen) atoms. The summed E-state index contributed by atoms with van der Waals surface area (Å²) in [5, 5.41) is 0. The second kappa shape index (κ2) is 6.49. The highest BCUT2D eigenvalue weighted by molar-refractivity contribution is 7.88. The van der Waals surface area contributed by atoms with Gasteiger partial charge in [0, 0.05) is 32.2 Å². The zero-order valence-corrected chi connectivity index (χ0v) is 14.7. The van der Waals surface area contributed by atoms with Crippen molar-refractivity contribution in [2.45, 2.75) is 32.2 Å². The fraction of sp³-hybridized carbons (Fsp3) is 0.647. The van der Waals surface area contributed by atoms with E-state index < -0.39 is 10.0 Å². The third-order valence-electron chi connectivity index (χ3n) is 5.21. The van der Waals surface area contributed by atoms with Gasteiger partial charge >= 0.3 is 0 Å². The van der Waals surface area contributed by atoms with E-state index in [9.17, 15) is 12.8 Å². The van der Waals surface area contributed by atoms with Crippen molar-refractivity contribution in [3.05, 3.63) is 35.1 Å². The first-order valence-electron chi connectivity index (χ1n) is 8.32. The van der Waals surface area contributed by atoms with Crippen molar-refractivity contribution in [1.82, 2.24) is 9.21 Å². The smallest absolute Gasteiger partial charge is 0.211 e. The van der Waals surface area contributed by atoms with E-state index in [0.29, 0.717) is 19.0 Å². The van der Waals surface area contributed by atoms with Gasteiger partial charge in [0.2, 0.25) is 10.0 Å². The van der Waals surface area contributed by atoms with E-state index in [1.54, 1.807) is 10.4 Å². The van der Waals surface area contributed by atoms with E-state index in [1.807, 2.05) is 6.07 Å². The van der Waals surface area contributed by atoms with Crippen molar-refractivity contribution < 1.29 is 12.8 Å². The summed E-state index contributed by atoms with van der Waals surface area (Å²) < 4.78 is 38.5. The van der Waals surface area contributed by atoms with Crippen LogP contribution in [0.25, 0.3) is 0 Å². The van der Waals surface area contributed by atoms with Gasteiger partial charge in [-0.05, 0) is 55.4 Å². The fourth-order valence-corrected chi connectivity index (χ4v) is 4.85. The second-order valence-electron chi connectivity index (χ2n) is 6.89. The summed E-state index contributed by atoms with van der Waals surface area (Å²) in [6.07, 6.45) is 4.16. The topological polar surface area (TPSA) is 40.6 Å². The summed E-state index contributed by atoms with van der Waals surface area (Å²) in [5.41, 5.74) is 2.31. The molecule has 2 aliphatic heterocycles. The van der Waals surface area contributed by atoms with Crippen LogP contribution in [0.5, 0.6) is 0 Å². The minimum atomic E-state index is -3.09. The molecule has 0 aliphatic carbocycles. The number of nitrogens with zero attached hydrogens (tertiary/aromatic N) is 2. The molecule has 2 heterocycles. The molecule has 2 aliphatic rings. The maximum Gasteiger partial charge on any atom is 0.211 e. The first-order chi connectivity index (χ1) is 10.8. The van der Waals surface area contributed by atoms with Gasteiger partial charge in [0.05, 0.1) is 6.26 Å². The van der Waals surface area contributed by atoms with Gasteiger partial charge in [-0.3, -0.25) is 4.90 Å². The summed E-state index contributed by atoms with van der Waals surface area (Å²) in [7, 11) is -3.09. The molecule has 0 saturated carbocycles. The molecule has 2 atom stereocenters. The lowest BCUT2D eigenvalue weighted by atomic mass is 9.91. The quantitative estimate of drug-likeness (QED) is 0.848. The predicted octanol–water partition coefficient (Wildman–Crippen LogP) is 2.42. The average molecular weight is 340 g/mol. The Bertz CT molecular complexity index is 677. The largest absolute Gasteiger partial charge is 0.296 e. The lowest BCUT2D eigenvalue weighted by molar-refractivity contribution is 0.137. The van der Waals surface area contributed by atoms with E-state index in [-0.39, 0.29) is 11.9 Å². The number of hydrogen-bond acceptors (Lipinski definition) is 3. The number of benzene rings is 1. The summed E-state index contributed by atoms with van der Waals surface area (Å²) in [6, 6.07) is 5.33. The minimum absolute atomic E-state index is 0.166. The molecule has 0 bridgehead atoms. The number of halogens is 1. The molecular formula is C17H25FN2O2S. The Morgan fingerprint density at radius 2 is 2.09 bits per heavy atom. The van der Waals surface area contributed by atoms with Crippen LogP contribution in [-0.4, -0.2) is 50.1 Å². The van der Waals surface area contributed by atoms with Crippen LogP contribution in [0.2, 0.25) is 0 Å². The molecular weight excluding hydrogens is 315 g/mol. The molecule has 3 rings (SSSR count). The average Bonchev–Trinajstić information content (AvgIpc) is 2.49. The lowest BCUT2D eigenvalue weighted by Crippen LogP contribution is -2.45. The van der Waals surface area contributed by atoms with Crippen molar-refractivity contribution in [1.29, 1.82) is 0 Å². The Hall–Kier alpha value is -0.980. The number of hydrogen-bond donors (Lipinski definition) is 0. The van der Waals surface area contributed by atoms with Crippen LogP contribution in [0.4, 0.5) is 4.39 Å². The third-order valence-corrected chi connectivity index (χ3v) is 6.48. The predicted molar refractivity (Wildman–Crippen MR) is 89.2 cm³/mol. The standard InChI is InChI=1S/C17H25FN2O2S/c1-13-17-6-5-16(18)10-15(17)7-9-19(13)11-14-4-3-8-20(12-14)23(2,21)22/h5-6,10,13-14H,3-4,7-9,11-12H2,1-2H3/t13-,14+/m1/s1. The summed E-state index contributed by atoms with van der Waals surface area (Å²) in [4.78, 5) is 2.41. The summed E-state index contributed by atoms with van der Waals surface area (Å²) >= 11 is 0. The van der Waals surface area contributed by atoms with Crippen LogP contribution in [-0.2, 0) is 16.4 Å². The Balaban J connectivity index is 1.68. The highest BCUT2D eigenvalue weighted by Gasteiger charge is 2.30. The molecule has 1 aromatic rings. The maximum absolute atomic E-state index is 13.4. The normalized spacial score (nSPS) is 26.9. The van der Waals surface area contributed by atoms with Gasteiger partial charge < -0.3 is 0 Å². The van der Waals surface area contributed by atoms with Gasteiger partial charge in [-0.15, -0.1) is 0 Å². The van der Waals surface area contributed by atoms with Crippen molar-refractivity contribution in [2.24, 2.45) is 5.92 Å². The first-order valence-corrected chi connectivity index (χ1v) is 10.2. The van der Waals surface area contributed by atoms with E-state index in [0.717, 1.165) is 37.9 Å². The Morgan fingerprint density at radius 1 is 1.30 bits per heavy atom.